The Kier molecular flexibility index (Phi) is 10.4. The van der Waals surface area contributed by atoms with Crippen LogP contribution >= 0.6 is 0 Å². The number of anilines is 1. The van der Waals surface area contributed by atoms with Gasteiger partial charge in [0.25, 0.3) is 0 Å². The zero-order valence-electron chi connectivity index (χ0n) is 25.2. The molecule has 0 spiro atoms. The number of rotatable bonds is 11. The quantitative estimate of drug-likeness (QED) is 0.322. The third-order valence-corrected chi connectivity index (χ3v) is 9.31. The van der Waals surface area contributed by atoms with Gasteiger partial charge in [0.05, 0.1) is 11.9 Å². The van der Waals surface area contributed by atoms with Crippen LogP contribution in [0.1, 0.15) is 59.9 Å². The van der Waals surface area contributed by atoms with Gasteiger partial charge in [0.15, 0.2) is 0 Å². The van der Waals surface area contributed by atoms with Crippen LogP contribution < -0.4 is 9.62 Å². The fourth-order valence-corrected chi connectivity index (χ4v) is 6.81. The fraction of sp³-hybridized carbons (Fsp3) is 0.412. The highest BCUT2D eigenvalue weighted by molar-refractivity contribution is 7.92. The number of hydrogen-bond acceptors (Lipinski definition) is 4. The first-order chi connectivity index (χ1) is 20.0. The summed E-state index contributed by atoms with van der Waals surface area (Å²) in [7, 11) is -3.81. The third kappa shape index (κ3) is 8.00. The van der Waals surface area contributed by atoms with Gasteiger partial charge in [-0.3, -0.25) is 13.9 Å². The molecule has 0 radical (unpaired) electrons. The van der Waals surface area contributed by atoms with Crippen molar-refractivity contribution in [2.45, 2.75) is 77.9 Å². The molecule has 1 atom stereocenters. The number of sulfonamides is 1. The first-order valence-electron chi connectivity index (χ1n) is 14.8. The number of benzene rings is 3. The molecule has 2 amide bonds. The van der Waals surface area contributed by atoms with Gasteiger partial charge in [0, 0.05) is 19.0 Å². The van der Waals surface area contributed by atoms with Crippen LogP contribution in [-0.4, -0.2) is 50.0 Å². The number of carbonyl (C=O) groups excluding carboxylic acids is 2. The Morgan fingerprint density at radius 2 is 1.43 bits per heavy atom. The van der Waals surface area contributed by atoms with Crippen molar-refractivity contribution in [1.82, 2.24) is 10.2 Å². The highest BCUT2D eigenvalue weighted by atomic mass is 32.2. The third-order valence-electron chi connectivity index (χ3n) is 8.19. The van der Waals surface area contributed by atoms with Crippen molar-refractivity contribution in [3.05, 3.63) is 101 Å². The molecule has 1 fully saturated rings. The van der Waals surface area contributed by atoms with Crippen LogP contribution in [0.15, 0.2) is 72.8 Å². The van der Waals surface area contributed by atoms with E-state index in [0.29, 0.717) is 12.1 Å². The van der Waals surface area contributed by atoms with Gasteiger partial charge in [-0.25, -0.2) is 8.42 Å². The Morgan fingerprint density at radius 3 is 2.05 bits per heavy atom. The number of nitrogens with one attached hydrogen (secondary N) is 1. The first kappa shape index (κ1) is 31.3. The molecule has 1 saturated carbocycles. The summed E-state index contributed by atoms with van der Waals surface area (Å²) in [6, 6.07) is 22.3. The molecule has 0 heterocycles. The smallest absolute Gasteiger partial charge is 0.244 e. The average molecular weight is 590 g/mol. The van der Waals surface area contributed by atoms with Crippen LogP contribution in [0.4, 0.5) is 5.69 Å². The van der Waals surface area contributed by atoms with Crippen LogP contribution in [0, 0.1) is 20.8 Å². The molecule has 8 heteroatoms. The topological polar surface area (TPSA) is 86.8 Å². The molecule has 0 bridgehead atoms. The standard InChI is InChI=1S/C34H43N3O4S/c1-25-14-11-12-19-29(25)23-36(32(38)24-37(42(4,40)41)33-26(2)15-13-16-27(33)3)31(22-28-17-7-5-8-18-28)34(39)35-30-20-9-6-10-21-30/h5,7-8,11-19,30-31H,6,9-10,20-24H2,1-4H3,(H,35,39). The van der Waals surface area contributed by atoms with Gasteiger partial charge in [-0.1, -0.05) is 92.1 Å². The van der Waals surface area contributed by atoms with Crippen LogP contribution in [-0.2, 0) is 32.6 Å². The van der Waals surface area contributed by atoms with E-state index in [1.807, 2.05) is 93.6 Å². The summed E-state index contributed by atoms with van der Waals surface area (Å²) in [5, 5.41) is 3.24. The number of hydrogen-bond donors (Lipinski definition) is 1. The van der Waals surface area contributed by atoms with Gasteiger partial charge in [-0.05, 0) is 61.4 Å². The lowest BCUT2D eigenvalue weighted by atomic mass is 9.94. The van der Waals surface area contributed by atoms with E-state index in [4.69, 9.17) is 0 Å². The number of amides is 2. The SMILES string of the molecule is Cc1ccccc1CN(C(=O)CN(c1c(C)cccc1C)S(C)(=O)=O)C(Cc1ccccc1)C(=O)NC1CCCCC1. The van der Waals surface area contributed by atoms with Crippen molar-refractivity contribution in [1.29, 1.82) is 0 Å². The number of para-hydroxylation sites is 1. The van der Waals surface area contributed by atoms with Crippen LogP contribution in [0.5, 0.6) is 0 Å². The maximum Gasteiger partial charge on any atom is 0.244 e. The monoisotopic (exact) mass is 589 g/mol. The molecule has 1 unspecified atom stereocenters. The van der Waals surface area contributed by atoms with Crippen molar-refractivity contribution >= 4 is 27.5 Å². The molecular formula is C34H43N3O4S. The van der Waals surface area contributed by atoms with Crippen LogP contribution in [0.25, 0.3) is 0 Å². The summed E-state index contributed by atoms with van der Waals surface area (Å²) >= 11 is 0. The minimum atomic E-state index is -3.81. The zero-order chi connectivity index (χ0) is 30.3. The Bertz CT molecular complexity index is 1460. The molecule has 224 valence electrons. The van der Waals surface area contributed by atoms with E-state index in [1.54, 1.807) is 4.90 Å². The van der Waals surface area contributed by atoms with E-state index in [-0.39, 0.29) is 18.5 Å². The Hall–Kier alpha value is -3.65. The highest BCUT2D eigenvalue weighted by Crippen LogP contribution is 2.28. The predicted octanol–water partition coefficient (Wildman–Crippen LogP) is 5.47. The lowest BCUT2D eigenvalue weighted by molar-refractivity contribution is -0.140. The van der Waals surface area contributed by atoms with Gasteiger partial charge in [0.1, 0.15) is 12.6 Å². The number of nitrogens with zero attached hydrogens (tertiary/aromatic N) is 2. The summed E-state index contributed by atoms with van der Waals surface area (Å²) in [5.74, 6) is -0.628. The number of aryl methyl sites for hydroxylation is 3. The maximum atomic E-state index is 14.4. The van der Waals surface area contributed by atoms with E-state index >= 15 is 0 Å². The molecule has 7 nitrogen and oxygen atoms in total. The molecule has 3 aromatic rings. The lowest BCUT2D eigenvalue weighted by Crippen LogP contribution is -2.55. The summed E-state index contributed by atoms with van der Waals surface area (Å²) in [6.07, 6.45) is 6.58. The fourth-order valence-electron chi connectivity index (χ4n) is 5.84. The highest BCUT2D eigenvalue weighted by Gasteiger charge is 2.34. The number of carbonyl (C=O) groups is 2. The van der Waals surface area contributed by atoms with E-state index in [2.05, 4.69) is 5.32 Å². The summed E-state index contributed by atoms with van der Waals surface area (Å²) in [5.41, 5.74) is 4.85. The molecule has 3 aromatic carbocycles. The molecule has 0 saturated heterocycles. The van der Waals surface area contributed by atoms with E-state index < -0.39 is 28.5 Å². The second-order valence-electron chi connectivity index (χ2n) is 11.5. The lowest BCUT2D eigenvalue weighted by Gasteiger charge is -2.35. The van der Waals surface area contributed by atoms with Crippen molar-refractivity contribution in [2.24, 2.45) is 0 Å². The minimum absolute atomic E-state index is 0.0714. The molecule has 1 N–H and O–H groups in total. The molecule has 0 aromatic heterocycles. The van der Waals surface area contributed by atoms with Crippen molar-refractivity contribution < 1.29 is 18.0 Å². The molecule has 42 heavy (non-hydrogen) atoms. The van der Waals surface area contributed by atoms with E-state index in [1.165, 1.54) is 4.31 Å². The maximum absolute atomic E-state index is 14.4. The molecule has 4 rings (SSSR count). The second kappa shape index (κ2) is 14.0. The zero-order valence-corrected chi connectivity index (χ0v) is 26.0. The molecule has 1 aliphatic carbocycles. The summed E-state index contributed by atoms with van der Waals surface area (Å²) in [6.45, 7) is 5.44. The van der Waals surface area contributed by atoms with Gasteiger partial charge in [-0.2, -0.15) is 0 Å². The van der Waals surface area contributed by atoms with Crippen molar-refractivity contribution in [2.75, 3.05) is 17.1 Å². The largest absolute Gasteiger partial charge is 0.352 e. The minimum Gasteiger partial charge on any atom is -0.352 e. The van der Waals surface area contributed by atoms with Crippen molar-refractivity contribution in [3.8, 4) is 0 Å². The molecular weight excluding hydrogens is 546 g/mol. The van der Waals surface area contributed by atoms with E-state index in [0.717, 1.165) is 66.2 Å². The van der Waals surface area contributed by atoms with Crippen LogP contribution in [0.2, 0.25) is 0 Å². The Labute approximate surface area is 251 Å². The van der Waals surface area contributed by atoms with Gasteiger partial charge >= 0.3 is 0 Å². The van der Waals surface area contributed by atoms with Gasteiger partial charge < -0.3 is 10.2 Å². The molecule has 0 aliphatic heterocycles. The summed E-state index contributed by atoms with van der Waals surface area (Å²) in [4.78, 5) is 30.0. The van der Waals surface area contributed by atoms with Gasteiger partial charge in [0.2, 0.25) is 21.8 Å². The Morgan fingerprint density at radius 1 is 0.833 bits per heavy atom. The van der Waals surface area contributed by atoms with Crippen molar-refractivity contribution in [3.63, 3.8) is 0 Å². The Balaban J connectivity index is 1.76. The van der Waals surface area contributed by atoms with Crippen LogP contribution in [0.3, 0.4) is 0 Å². The average Bonchev–Trinajstić information content (AvgIpc) is 2.95. The summed E-state index contributed by atoms with van der Waals surface area (Å²) < 4.78 is 27.5. The second-order valence-corrected chi connectivity index (χ2v) is 13.4. The normalized spacial score (nSPS) is 14.7. The predicted molar refractivity (Wildman–Crippen MR) is 169 cm³/mol. The first-order valence-corrected chi connectivity index (χ1v) is 16.6. The molecule has 1 aliphatic rings. The van der Waals surface area contributed by atoms with Gasteiger partial charge in [-0.15, -0.1) is 0 Å². The van der Waals surface area contributed by atoms with E-state index in [9.17, 15) is 18.0 Å².